The molecule has 3 heterocycles. The standard InChI is InChI=1S/C18H18ClF3N3O7P/c19-10-5-9(6-11(20)7-10)12-2-4-29-33(28,32-12)30-8-13-15(26)18(21,22)16(31-13)25-3-1-14(23)24-17(25)27/h1,3,5-7,12-13,15-16,26H,2,4,8H2,(H2,23,24,27)/t12-,13-,15-,16-,33?/m1/s1. The molecule has 0 radical (unpaired) electrons. The van der Waals surface area contributed by atoms with Gasteiger partial charge in [-0.15, -0.1) is 0 Å². The predicted octanol–water partition coefficient (Wildman–Crippen LogP) is 2.81. The molecule has 33 heavy (non-hydrogen) atoms. The maximum Gasteiger partial charge on any atom is 0.475 e. The number of aromatic nitrogens is 2. The third kappa shape index (κ3) is 4.94. The first-order valence-corrected chi connectivity index (χ1v) is 11.4. The molecular weight excluding hydrogens is 494 g/mol. The summed E-state index contributed by atoms with van der Waals surface area (Å²) in [7, 11) is -4.29. The van der Waals surface area contributed by atoms with Crippen LogP contribution in [-0.4, -0.2) is 46.0 Å². The molecule has 180 valence electrons. The smallest absolute Gasteiger partial charge is 0.384 e. The van der Waals surface area contributed by atoms with Crippen molar-refractivity contribution < 1.29 is 41.2 Å². The number of alkyl halides is 2. The molecular formula is C18H18ClF3N3O7P. The van der Waals surface area contributed by atoms with E-state index in [9.17, 15) is 27.6 Å². The molecule has 5 atom stereocenters. The highest BCUT2D eigenvalue weighted by Crippen LogP contribution is 2.57. The lowest BCUT2D eigenvalue weighted by molar-refractivity contribution is -0.140. The van der Waals surface area contributed by atoms with Crippen molar-refractivity contribution in [2.24, 2.45) is 0 Å². The fraction of sp³-hybridized carbons (Fsp3) is 0.444. The zero-order valence-corrected chi connectivity index (χ0v) is 18.3. The topological polar surface area (TPSA) is 135 Å². The van der Waals surface area contributed by atoms with Gasteiger partial charge in [-0.1, -0.05) is 11.6 Å². The maximum absolute atomic E-state index is 14.6. The highest BCUT2D eigenvalue weighted by atomic mass is 35.5. The lowest BCUT2D eigenvalue weighted by atomic mass is 10.1. The maximum atomic E-state index is 14.6. The van der Waals surface area contributed by atoms with Gasteiger partial charge in [0.25, 0.3) is 0 Å². The zero-order valence-electron chi connectivity index (χ0n) is 16.6. The van der Waals surface area contributed by atoms with Gasteiger partial charge in [-0.2, -0.15) is 13.8 Å². The van der Waals surface area contributed by atoms with Crippen LogP contribution in [0.3, 0.4) is 0 Å². The SMILES string of the molecule is Nc1ccn([C@@H]2O[C@H](COP3(=O)OCC[C@H](c4cc(F)cc(Cl)c4)O3)[C@@H](O)C2(F)F)c(=O)n1. The fourth-order valence-electron chi connectivity index (χ4n) is 3.44. The van der Waals surface area contributed by atoms with Crippen molar-refractivity contribution in [3.05, 3.63) is 57.3 Å². The molecule has 0 bridgehead atoms. The molecule has 1 aromatic carbocycles. The van der Waals surface area contributed by atoms with Crippen molar-refractivity contribution in [3.63, 3.8) is 0 Å². The van der Waals surface area contributed by atoms with E-state index in [4.69, 9.17) is 35.6 Å². The second kappa shape index (κ2) is 8.99. The zero-order chi connectivity index (χ0) is 24.0. The summed E-state index contributed by atoms with van der Waals surface area (Å²) in [6, 6.07) is 4.74. The monoisotopic (exact) mass is 511 g/mol. The van der Waals surface area contributed by atoms with Gasteiger partial charge in [0, 0.05) is 17.6 Å². The van der Waals surface area contributed by atoms with E-state index in [1.165, 1.54) is 6.07 Å². The number of aliphatic hydroxyl groups is 1. The Morgan fingerprint density at radius 1 is 1.39 bits per heavy atom. The van der Waals surface area contributed by atoms with E-state index >= 15 is 0 Å². The molecule has 2 aliphatic rings. The summed E-state index contributed by atoms with van der Waals surface area (Å²) in [6.45, 7) is -0.923. The Morgan fingerprint density at radius 2 is 2.15 bits per heavy atom. The molecule has 2 fully saturated rings. The van der Waals surface area contributed by atoms with Crippen LogP contribution in [0.5, 0.6) is 0 Å². The Labute approximate surface area is 189 Å². The molecule has 2 aromatic rings. The van der Waals surface area contributed by atoms with Crippen molar-refractivity contribution >= 4 is 25.2 Å². The summed E-state index contributed by atoms with van der Waals surface area (Å²) in [4.78, 5) is 15.3. The van der Waals surface area contributed by atoms with Gasteiger partial charge in [0.2, 0.25) is 6.23 Å². The van der Waals surface area contributed by atoms with Crippen molar-refractivity contribution in [2.75, 3.05) is 18.9 Å². The largest absolute Gasteiger partial charge is 0.475 e. The van der Waals surface area contributed by atoms with Crippen LogP contribution < -0.4 is 11.4 Å². The first kappa shape index (κ1) is 24.1. The van der Waals surface area contributed by atoms with Crippen molar-refractivity contribution in [2.45, 2.75) is 36.9 Å². The third-order valence-electron chi connectivity index (χ3n) is 5.02. The van der Waals surface area contributed by atoms with Gasteiger partial charge in [0.1, 0.15) is 17.7 Å². The molecule has 2 aliphatic heterocycles. The molecule has 0 saturated carbocycles. The van der Waals surface area contributed by atoms with E-state index in [0.717, 1.165) is 24.4 Å². The Bertz CT molecular complexity index is 1130. The molecule has 1 unspecified atom stereocenters. The average Bonchev–Trinajstić information content (AvgIpc) is 2.95. The highest BCUT2D eigenvalue weighted by Gasteiger charge is 2.60. The van der Waals surface area contributed by atoms with Crippen LogP contribution in [0.15, 0.2) is 35.3 Å². The molecule has 0 aliphatic carbocycles. The molecule has 0 spiro atoms. The van der Waals surface area contributed by atoms with Crippen LogP contribution in [0, 0.1) is 5.82 Å². The summed E-state index contributed by atoms with van der Waals surface area (Å²) in [5.74, 6) is -4.73. The molecule has 1 aromatic heterocycles. The summed E-state index contributed by atoms with van der Waals surface area (Å²) in [5, 5.41) is 10.2. The number of hydrogen-bond donors (Lipinski definition) is 2. The van der Waals surface area contributed by atoms with Gasteiger partial charge in [-0.05, 0) is 29.8 Å². The lowest BCUT2D eigenvalue weighted by Crippen LogP contribution is -2.42. The second-order valence-corrected chi connectivity index (χ2v) is 9.41. The van der Waals surface area contributed by atoms with Gasteiger partial charge in [-0.3, -0.25) is 18.1 Å². The van der Waals surface area contributed by atoms with Crippen molar-refractivity contribution in [3.8, 4) is 0 Å². The van der Waals surface area contributed by atoms with Crippen LogP contribution >= 0.6 is 19.4 Å². The summed E-state index contributed by atoms with van der Waals surface area (Å²) in [6.07, 6.45) is -6.08. The predicted molar refractivity (Wildman–Crippen MR) is 107 cm³/mol. The number of benzene rings is 1. The minimum absolute atomic E-state index is 0.0963. The Hall–Kier alpha value is -1.99. The molecule has 2 saturated heterocycles. The number of ether oxygens (including phenoxy) is 1. The fourth-order valence-corrected chi connectivity index (χ4v) is 5.07. The highest BCUT2D eigenvalue weighted by molar-refractivity contribution is 7.48. The Balaban J connectivity index is 1.46. The number of aliphatic hydroxyl groups excluding tert-OH is 1. The lowest BCUT2D eigenvalue weighted by Gasteiger charge is -2.30. The minimum atomic E-state index is -4.29. The van der Waals surface area contributed by atoms with Crippen LogP contribution in [0.25, 0.3) is 0 Å². The van der Waals surface area contributed by atoms with Crippen molar-refractivity contribution in [1.29, 1.82) is 0 Å². The summed E-state index contributed by atoms with van der Waals surface area (Å²) >= 11 is 5.84. The van der Waals surface area contributed by atoms with Gasteiger partial charge in [0.15, 0.2) is 6.10 Å². The molecule has 4 rings (SSSR count). The van der Waals surface area contributed by atoms with Crippen LogP contribution in [-0.2, 0) is 22.9 Å². The molecule has 0 amide bonds. The normalized spacial score (nSPS) is 31.5. The Morgan fingerprint density at radius 3 is 2.85 bits per heavy atom. The van der Waals surface area contributed by atoms with Gasteiger partial charge < -0.3 is 15.6 Å². The van der Waals surface area contributed by atoms with E-state index in [2.05, 4.69) is 4.98 Å². The minimum Gasteiger partial charge on any atom is -0.384 e. The number of halogens is 4. The van der Waals surface area contributed by atoms with Crippen molar-refractivity contribution in [1.82, 2.24) is 9.55 Å². The van der Waals surface area contributed by atoms with Gasteiger partial charge in [-0.25, -0.2) is 13.8 Å². The van der Waals surface area contributed by atoms with Crippen LogP contribution in [0.2, 0.25) is 5.02 Å². The second-order valence-electron chi connectivity index (χ2n) is 7.35. The first-order valence-electron chi connectivity index (χ1n) is 9.58. The van der Waals surface area contributed by atoms with Gasteiger partial charge in [0.05, 0.1) is 19.3 Å². The number of phosphoric ester groups is 1. The Kier molecular flexibility index (Phi) is 6.58. The van der Waals surface area contributed by atoms with Crippen LogP contribution in [0.1, 0.15) is 24.3 Å². The number of rotatable bonds is 5. The van der Waals surface area contributed by atoms with E-state index in [1.54, 1.807) is 0 Å². The molecule has 10 nitrogen and oxygen atoms in total. The number of anilines is 1. The number of nitrogens with two attached hydrogens (primary N) is 1. The third-order valence-corrected chi connectivity index (χ3v) is 6.72. The molecule has 15 heteroatoms. The number of hydrogen-bond acceptors (Lipinski definition) is 9. The van der Waals surface area contributed by atoms with E-state index < -0.39 is 56.4 Å². The molecule has 3 N–H and O–H groups in total. The van der Waals surface area contributed by atoms with Gasteiger partial charge >= 0.3 is 19.4 Å². The van der Waals surface area contributed by atoms with Crippen LogP contribution in [0.4, 0.5) is 19.0 Å². The number of nitrogen functional groups attached to an aromatic ring is 1. The van der Waals surface area contributed by atoms with E-state index in [1.807, 2.05) is 0 Å². The average molecular weight is 512 g/mol. The first-order chi connectivity index (χ1) is 15.5. The van der Waals surface area contributed by atoms with E-state index in [0.29, 0.717) is 4.57 Å². The number of phosphoric acid groups is 1. The quantitative estimate of drug-likeness (QED) is 0.581. The summed E-state index contributed by atoms with van der Waals surface area (Å²) in [5.41, 5.74) is 4.52. The number of nitrogens with zero attached hydrogens (tertiary/aromatic N) is 2. The van der Waals surface area contributed by atoms with E-state index in [-0.39, 0.29) is 29.4 Å². The summed E-state index contributed by atoms with van der Waals surface area (Å²) < 4.78 is 76.8.